The lowest BCUT2D eigenvalue weighted by Crippen LogP contribution is -1.94. The van der Waals surface area contributed by atoms with Gasteiger partial charge in [-0.3, -0.25) is 0 Å². The lowest BCUT2D eigenvalue weighted by molar-refractivity contribution is 0.0663. The highest BCUT2D eigenvalue weighted by Gasteiger charge is 2.10. The molecule has 1 heterocycles. The standard InChI is InChI=1S/C12H10FNO4/c1-17-10-6-7(2-3-8(10)13)14-11-5-4-9(18-11)12(15)16/h2-6,14H,1H3,(H,15,16). The van der Waals surface area contributed by atoms with Crippen LogP contribution in [0, 0.1) is 5.82 Å². The minimum atomic E-state index is -1.15. The Morgan fingerprint density at radius 1 is 1.39 bits per heavy atom. The van der Waals surface area contributed by atoms with E-state index in [0.717, 1.165) is 0 Å². The SMILES string of the molecule is COc1cc(Nc2ccc(C(=O)O)o2)ccc1F. The zero-order valence-corrected chi connectivity index (χ0v) is 9.44. The summed E-state index contributed by atoms with van der Waals surface area (Å²) >= 11 is 0. The van der Waals surface area contributed by atoms with Crippen LogP contribution in [0.5, 0.6) is 5.75 Å². The van der Waals surface area contributed by atoms with Gasteiger partial charge in [-0.2, -0.15) is 0 Å². The van der Waals surface area contributed by atoms with Gasteiger partial charge in [-0.25, -0.2) is 9.18 Å². The van der Waals surface area contributed by atoms with Crippen molar-refractivity contribution in [3.8, 4) is 5.75 Å². The molecule has 0 spiro atoms. The lowest BCUT2D eigenvalue weighted by Gasteiger charge is -2.06. The van der Waals surface area contributed by atoms with E-state index < -0.39 is 11.8 Å². The average molecular weight is 251 g/mol. The summed E-state index contributed by atoms with van der Waals surface area (Å²) in [7, 11) is 1.36. The Kier molecular flexibility index (Phi) is 3.18. The molecule has 2 N–H and O–H groups in total. The number of hydrogen-bond donors (Lipinski definition) is 2. The highest BCUT2D eigenvalue weighted by Crippen LogP contribution is 2.25. The largest absolute Gasteiger partial charge is 0.494 e. The molecular weight excluding hydrogens is 241 g/mol. The topological polar surface area (TPSA) is 71.7 Å². The molecular formula is C12H10FNO4. The van der Waals surface area contributed by atoms with Crippen LogP contribution in [0.4, 0.5) is 16.0 Å². The van der Waals surface area contributed by atoms with Gasteiger partial charge in [0.25, 0.3) is 0 Å². The summed E-state index contributed by atoms with van der Waals surface area (Å²) in [5, 5.41) is 11.5. The second-order valence-corrected chi connectivity index (χ2v) is 3.44. The molecule has 0 aliphatic rings. The Labute approximate surface area is 102 Å². The van der Waals surface area contributed by atoms with Crippen LogP contribution in [0.15, 0.2) is 34.7 Å². The molecule has 0 amide bonds. The lowest BCUT2D eigenvalue weighted by atomic mass is 10.3. The number of hydrogen-bond acceptors (Lipinski definition) is 4. The van der Waals surface area contributed by atoms with Crippen LogP contribution in [0.25, 0.3) is 0 Å². The summed E-state index contributed by atoms with van der Waals surface area (Å²) in [6, 6.07) is 6.96. The summed E-state index contributed by atoms with van der Waals surface area (Å²) < 4.78 is 23.0. The number of furan rings is 1. The monoisotopic (exact) mass is 251 g/mol. The fourth-order valence-electron chi connectivity index (χ4n) is 1.40. The Morgan fingerprint density at radius 3 is 2.78 bits per heavy atom. The average Bonchev–Trinajstić information content (AvgIpc) is 2.80. The highest BCUT2D eigenvalue weighted by atomic mass is 19.1. The molecule has 0 radical (unpaired) electrons. The van der Waals surface area contributed by atoms with Crippen molar-refractivity contribution < 1.29 is 23.4 Å². The van der Waals surface area contributed by atoms with Crippen molar-refractivity contribution in [1.82, 2.24) is 0 Å². The molecule has 0 unspecified atom stereocenters. The quantitative estimate of drug-likeness (QED) is 0.874. The molecule has 0 saturated heterocycles. The number of ether oxygens (including phenoxy) is 1. The fraction of sp³-hybridized carbons (Fsp3) is 0.0833. The molecule has 2 aromatic rings. The van der Waals surface area contributed by atoms with E-state index in [4.69, 9.17) is 14.3 Å². The predicted octanol–water partition coefficient (Wildman–Crippen LogP) is 2.87. The predicted molar refractivity (Wildman–Crippen MR) is 61.9 cm³/mol. The maximum Gasteiger partial charge on any atom is 0.371 e. The molecule has 6 heteroatoms. The maximum absolute atomic E-state index is 13.2. The molecule has 0 saturated carbocycles. The first-order chi connectivity index (χ1) is 8.60. The second kappa shape index (κ2) is 4.79. The number of aromatic carboxylic acids is 1. The van der Waals surface area contributed by atoms with Crippen molar-refractivity contribution in [2.75, 3.05) is 12.4 Å². The van der Waals surface area contributed by atoms with Gasteiger partial charge >= 0.3 is 5.97 Å². The van der Waals surface area contributed by atoms with Gasteiger partial charge < -0.3 is 19.6 Å². The van der Waals surface area contributed by atoms with Crippen LogP contribution in [-0.2, 0) is 0 Å². The zero-order chi connectivity index (χ0) is 13.1. The summed E-state index contributed by atoms with van der Waals surface area (Å²) in [5.41, 5.74) is 0.527. The van der Waals surface area contributed by atoms with Crippen molar-refractivity contribution in [2.45, 2.75) is 0 Å². The van der Waals surface area contributed by atoms with Gasteiger partial charge in [0.15, 0.2) is 17.5 Å². The van der Waals surface area contributed by atoms with Crippen LogP contribution >= 0.6 is 0 Å². The zero-order valence-electron chi connectivity index (χ0n) is 9.44. The van der Waals surface area contributed by atoms with E-state index in [1.165, 1.54) is 37.4 Å². The van der Waals surface area contributed by atoms with E-state index in [9.17, 15) is 9.18 Å². The van der Waals surface area contributed by atoms with Gasteiger partial charge in [-0.05, 0) is 18.2 Å². The molecule has 0 atom stereocenters. The minimum absolute atomic E-state index is 0.0880. The number of carboxylic acids is 1. The van der Waals surface area contributed by atoms with E-state index >= 15 is 0 Å². The van der Waals surface area contributed by atoms with Gasteiger partial charge in [0.1, 0.15) is 0 Å². The molecule has 1 aromatic heterocycles. The van der Waals surface area contributed by atoms with Crippen molar-refractivity contribution in [1.29, 1.82) is 0 Å². The summed E-state index contributed by atoms with van der Waals surface area (Å²) in [4.78, 5) is 10.6. The number of methoxy groups -OCH3 is 1. The Morgan fingerprint density at radius 2 is 2.17 bits per heavy atom. The molecule has 94 valence electrons. The molecule has 0 fully saturated rings. The van der Waals surface area contributed by atoms with E-state index in [2.05, 4.69) is 5.32 Å². The number of rotatable bonds is 4. The third-order valence-corrected chi connectivity index (χ3v) is 2.24. The van der Waals surface area contributed by atoms with Crippen molar-refractivity contribution in [3.63, 3.8) is 0 Å². The van der Waals surface area contributed by atoms with E-state index in [1.54, 1.807) is 0 Å². The molecule has 0 aliphatic heterocycles. The van der Waals surface area contributed by atoms with Crippen LogP contribution in [0.3, 0.4) is 0 Å². The Balaban J connectivity index is 2.20. The van der Waals surface area contributed by atoms with E-state index in [0.29, 0.717) is 5.69 Å². The number of carbonyl (C=O) groups is 1. The number of benzene rings is 1. The van der Waals surface area contributed by atoms with Crippen LogP contribution in [0.1, 0.15) is 10.6 Å². The van der Waals surface area contributed by atoms with Crippen molar-refractivity contribution in [2.24, 2.45) is 0 Å². The van der Waals surface area contributed by atoms with Crippen molar-refractivity contribution >= 4 is 17.5 Å². The Hall–Kier alpha value is -2.50. The summed E-state index contributed by atoms with van der Waals surface area (Å²) in [6.07, 6.45) is 0. The molecule has 0 aliphatic carbocycles. The van der Waals surface area contributed by atoms with Gasteiger partial charge in [0, 0.05) is 17.8 Å². The van der Waals surface area contributed by atoms with Crippen LogP contribution < -0.4 is 10.1 Å². The number of carboxylic acid groups (broad SMARTS) is 1. The number of nitrogens with one attached hydrogen (secondary N) is 1. The van der Waals surface area contributed by atoms with Crippen LogP contribution in [0.2, 0.25) is 0 Å². The minimum Gasteiger partial charge on any atom is -0.494 e. The molecule has 1 aromatic carbocycles. The molecule has 18 heavy (non-hydrogen) atoms. The van der Waals surface area contributed by atoms with E-state index in [-0.39, 0.29) is 17.4 Å². The second-order valence-electron chi connectivity index (χ2n) is 3.44. The molecule has 5 nitrogen and oxygen atoms in total. The first kappa shape index (κ1) is 12.0. The normalized spacial score (nSPS) is 10.1. The third-order valence-electron chi connectivity index (χ3n) is 2.24. The smallest absolute Gasteiger partial charge is 0.371 e. The first-order valence-electron chi connectivity index (χ1n) is 5.04. The van der Waals surface area contributed by atoms with E-state index in [1.807, 2.05) is 0 Å². The van der Waals surface area contributed by atoms with Crippen molar-refractivity contribution in [3.05, 3.63) is 41.9 Å². The highest BCUT2D eigenvalue weighted by molar-refractivity contribution is 5.85. The maximum atomic E-state index is 13.2. The van der Waals surface area contributed by atoms with Gasteiger partial charge in [0.2, 0.25) is 5.76 Å². The first-order valence-corrected chi connectivity index (χ1v) is 5.04. The third kappa shape index (κ3) is 2.42. The van der Waals surface area contributed by atoms with Gasteiger partial charge in [0.05, 0.1) is 7.11 Å². The van der Waals surface area contributed by atoms with Gasteiger partial charge in [-0.1, -0.05) is 0 Å². The molecule has 0 bridgehead atoms. The van der Waals surface area contributed by atoms with Crippen LogP contribution in [-0.4, -0.2) is 18.2 Å². The summed E-state index contributed by atoms with van der Waals surface area (Å²) in [5.74, 6) is -1.47. The summed E-state index contributed by atoms with van der Waals surface area (Å²) in [6.45, 7) is 0. The fourth-order valence-corrected chi connectivity index (χ4v) is 1.40. The molecule has 2 rings (SSSR count). The number of halogens is 1. The number of anilines is 2. The Bertz CT molecular complexity index is 579. The van der Waals surface area contributed by atoms with Gasteiger partial charge in [-0.15, -0.1) is 0 Å².